The summed E-state index contributed by atoms with van der Waals surface area (Å²) in [6, 6.07) is 11.4. The summed E-state index contributed by atoms with van der Waals surface area (Å²) in [7, 11) is 0. The van der Waals surface area contributed by atoms with E-state index in [2.05, 4.69) is 33.6 Å². The van der Waals surface area contributed by atoms with E-state index in [1.54, 1.807) is 12.1 Å². The first-order valence-electron chi connectivity index (χ1n) is 11.8. The van der Waals surface area contributed by atoms with Crippen LogP contribution in [0.4, 0.5) is 20.2 Å². The molecule has 178 valence electrons. The van der Waals surface area contributed by atoms with Gasteiger partial charge in [-0.2, -0.15) is 5.26 Å². The summed E-state index contributed by atoms with van der Waals surface area (Å²) in [4.78, 5) is 16.6. The van der Waals surface area contributed by atoms with Crippen molar-refractivity contribution in [3.63, 3.8) is 0 Å². The quantitative estimate of drug-likeness (QED) is 0.485. The maximum absolute atomic E-state index is 13.7. The van der Waals surface area contributed by atoms with Gasteiger partial charge in [0.05, 0.1) is 22.9 Å². The van der Waals surface area contributed by atoms with Gasteiger partial charge in [-0.1, -0.05) is 0 Å². The smallest absolute Gasteiger partial charge is 0.251 e. The number of carbonyl (C=O) groups is 1. The molecule has 0 unspecified atom stereocenters. The maximum Gasteiger partial charge on any atom is 0.251 e. The largest absolute Gasteiger partial charge is 0.371 e. The fraction of sp³-hybridized carbons (Fsp3) is 0.462. The molecule has 0 atom stereocenters. The number of rotatable bonds is 4. The molecule has 1 aliphatic carbocycles. The van der Waals surface area contributed by atoms with Crippen LogP contribution in [0.5, 0.6) is 0 Å². The Labute approximate surface area is 212 Å². The van der Waals surface area contributed by atoms with Crippen molar-refractivity contribution in [3.05, 3.63) is 45.0 Å². The summed E-state index contributed by atoms with van der Waals surface area (Å²) in [6.45, 7) is 2.19. The summed E-state index contributed by atoms with van der Waals surface area (Å²) >= 11 is 2.26. The van der Waals surface area contributed by atoms with Gasteiger partial charge >= 0.3 is 0 Å². The van der Waals surface area contributed by atoms with Crippen LogP contribution in [0, 0.1) is 20.3 Å². The Morgan fingerprint density at radius 1 is 0.971 bits per heavy atom. The van der Waals surface area contributed by atoms with E-state index in [-0.39, 0.29) is 25.9 Å². The number of halogens is 3. The van der Waals surface area contributed by atoms with Crippen molar-refractivity contribution < 1.29 is 13.6 Å². The molecule has 2 aromatic carbocycles. The van der Waals surface area contributed by atoms with Crippen LogP contribution in [0.2, 0.25) is 0 Å². The third-order valence-electron chi connectivity index (χ3n) is 7.69. The van der Waals surface area contributed by atoms with Gasteiger partial charge in [0.15, 0.2) is 0 Å². The first-order chi connectivity index (χ1) is 16.2. The molecule has 0 radical (unpaired) electrons. The number of nitriles is 1. The van der Waals surface area contributed by atoms with Gasteiger partial charge in [0.1, 0.15) is 0 Å². The molecule has 34 heavy (non-hydrogen) atoms. The Morgan fingerprint density at radius 2 is 1.62 bits per heavy atom. The van der Waals surface area contributed by atoms with Crippen molar-refractivity contribution in [3.8, 4) is 17.2 Å². The second kappa shape index (κ2) is 8.67. The predicted octanol–water partition coefficient (Wildman–Crippen LogP) is 5.54. The van der Waals surface area contributed by atoms with Crippen LogP contribution < -0.4 is 15.5 Å². The Balaban J connectivity index is 1.60. The molecular weight excluding hydrogens is 549 g/mol. The minimum atomic E-state index is -2.64. The van der Waals surface area contributed by atoms with E-state index in [0.29, 0.717) is 16.5 Å². The molecule has 2 heterocycles. The lowest BCUT2D eigenvalue weighted by Gasteiger charge is -2.36. The molecule has 1 spiro atoms. The first kappa shape index (κ1) is 23.3. The third kappa shape index (κ3) is 4.47. The van der Waals surface area contributed by atoms with Crippen molar-refractivity contribution >= 4 is 39.9 Å². The second-order valence-corrected chi connectivity index (χ2v) is 11.1. The van der Waals surface area contributed by atoms with E-state index in [9.17, 15) is 18.8 Å². The monoisotopic (exact) mass is 576 g/mol. The van der Waals surface area contributed by atoms with Gasteiger partial charge in [-0.25, -0.2) is 8.78 Å². The Bertz CT molecular complexity index is 1170. The summed E-state index contributed by atoms with van der Waals surface area (Å²) < 4.78 is 28.4. The van der Waals surface area contributed by atoms with E-state index >= 15 is 0 Å². The van der Waals surface area contributed by atoms with E-state index in [1.165, 1.54) is 12.8 Å². The molecule has 1 saturated carbocycles. The van der Waals surface area contributed by atoms with Gasteiger partial charge in [-0.3, -0.25) is 4.79 Å². The second-order valence-electron chi connectivity index (χ2n) is 9.89. The first-order valence-corrected chi connectivity index (χ1v) is 12.8. The van der Waals surface area contributed by atoms with Crippen molar-refractivity contribution in [2.45, 2.75) is 44.4 Å². The average Bonchev–Trinajstić information content (AvgIpc) is 3.57. The van der Waals surface area contributed by atoms with Crippen LogP contribution in [0.25, 0.3) is 11.1 Å². The van der Waals surface area contributed by atoms with Crippen molar-refractivity contribution in [1.29, 1.82) is 5.26 Å². The van der Waals surface area contributed by atoms with Gasteiger partial charge in [0.25, 0.3) is 11.8 Å². The van der Waals surface area contributed by atoms with Crippen molar-refractivity contribution in [1.82, 2.24) is 0 Å². The Hall–Kier alpha value is -2.41. The van der Waals surface area contributed by atoms with Gasteiger partial charge in [0.2, 0.25) is 0 Å². The highest BCUT2D eigenvalue weighted by Crippen LogP contribution is 2.54. The van der Waals surface area contributed by atoms with Gasteiger partial charge < -0.3 is 15.5 Å². The number of carbonyl (C=O) groups excluding carboxylic acids is 1. The number of hydrogen-bond acceptors (Lipinski definition) is 4. The number of benzene rings is 2. The SMILES string of the molecule is N#Cc1cc(-c2c(I)ccc(C(N)=O)c2N2CCC3(CC2)CC3)cc(N2CCC(F)(F)CC2)c1. The van der Waals surface area contributed by atoms with Gasteiger partial charge in [0, 0.05) is 53.8 Å². The maximum atomic E-state index is 13.7. The molecule has 5 rings (SSSR count). The normalized spacial score (nSPS) is 20.8. The lowest BCUT2D eigenvalue weighted by molar-refractivity contribution is -0.0220. The highest BCUT2D eigenvalue weighted by Gasteiger charge is 2.45. The molecule has 3 fully saturated rings. The minimum Gasteiger partial charge on any atom is -0.371 e. The number of nitrogens with two attached hydrogens (primary N) is 1. The molecule has 0 aromatic heterocycles. The lowest BCUT2D eigenvalue weighted by atomic mass is 9.90. The molecule has 2 aromatic rings. The highest BCUT2D eigenvalue weighted by molar-refractivity contribution is 14.1. The van der Waals surface area contributed by atoms with Crippen LogP contribution >= 0.6 is 22.6 Å². The number of hydrogen-bond donors (Lipinski definition) is 1. The third-order valence-corrected chi connectivity index (χ3v) is 8.58. The fourth-order valence-corrected chi connectivity index (χ4v) is 6.09. The highest BCUT2D eigenvalue weighted by atomic mass is 127. The van der Waals surface area contributed by atoms with E-state index in [0.717, 1.165) is 52.0 Å². The average molecular weight is 576 g/mol. The molecule has 0 bridgehead atoms. The van der Waals surface area contributed by atoms with Crippen LogP contribution in [-0.4, -0.2) is 38.0 Å². The van der Waals surface area contributed by atoms with E-state index < -0.39 is 11.8 Å². The van der Waals surface area contributed by atoms with Crippen molar-refractivity contribution in [2.75, 3.05) is 36.0 Å². The molecule has 3 aliphatic rings. The summed E-state index contributed by atoms with van der Waals surface area (Å²) in [6.07, 6.45) is 4.36. The molecular formula is C26H27F2IN4O. The zero-order valence-electron chi connectivity index (χ0n) is 18.9. The topological polar surface area (TPSA) is 73.4 Å². The number of nitrogens with zero attached hydrogens (tertiary/aromatic N) is 3. The van der Waals surface area contributed by atoms with Crippen LogP contribution in [-0.2, 0) is 0 Å². The number of primary amides is 1. The zero-order chi connectivity index (χ0) is 24.1. The number of anilines is 2. The standard InChI is InChI=1S/C26H27F2IN4O/c27-26(28)7-11-32(12-8-26)19-14-17(16-30)13-18(15-19)22-21(29)2-1-20(24(31)34)23(22)33-9-5-25(3-4-25)6-10-33/h1-2,13-15H,3-12H2,(H2,31,34). The number of piperidine rings is 2. The van der Waals surface area contributed by atoms with Crippen LogP contribution in [0.1, 0.15) is 54.4 Å². The van der Waals surface area contributed by atoms with Crippen LogP contribution in [0.15, 0.2) is 30.3 Å². The fourth-order valence-electron chi connectivity index (χ4n) is 5.34. The van der Waals surface area contributed by atoms with Crippen LogP contribution in [0.3, 0.4) is 0 Å². The van der Waals surface area contributed by atoms with E-state index in [1.807, 2.05) is 23.1 Å². The predicted molar refractivity (Wildman–Crippen MR) is 137 cm³/mol. The van der Waals surface area contributed by atoms with Gasteiger partial charge in [-0.15, -0.1) is 0 Å². The number of alkyl halides is 2. The lowest BCUT2D eigenvalue weighted by Crippen LogP contribution is -2.39. The molecule has 1 amide bonds. The molecule has 2 saturated heterocycles. The Morgan fingerprint density at radius 3 is 2.21 bits per heavy atom. The zero-order valence-corrected chi connectivity index (χ0v) is 21.1. The summed E-state index contributed by atoms with van der Waals surface area (Å²) in [5.74, 6) is -3.12. The minimum absolute atomic E-state index is 0.200. The Kier molecular flexibility index (Phi) is 5.95. The molecule has 8 heteroatoms. The van der Waals surface area contributed by atoms with Gasteiger partial charge in [-0.05, 0) is 89.6 Å². The van der Waals surface area contributed by atoms with Crippen molar-refractivity contribution in [2.24, 2.45) is 11.1 Å². The molecule has 5 nitrogen and oxygen atoms in total. The molecule has 2 aliphatic heterocycles. The summed E-state index contributed by atoms with van der Waals surface area (Å²) in [5, 5.41) is 9.73. The van der Waals surface area contributed by atoms with E-state index in [4.69, 9.17) is 5.73 Å². The molecule has 2 N–H and O–H groups in total. The summed E-state index contributed by atoms with van der Waals surface area (Å²) in [5.41, 5.74) is 10.5. The number of amides is 1.